The van der Waals surface area contributed by atoms with Crippen molar-refractivity contribution < 1.29 is 4.79 Å². The summed E-state index contributed by atoms with van der Waals surface area (Å²) in [5, 5.41) is 0. The summed E-state index contributed by atoms with van der Waals surface area (Å²) in [5.74, 6) is 2.64. The van der Waals surface area contributed by atoms with Crippen LogP contribution in [0.3, 0.4) is 0 Å². The van der Waals surface area contributed by atoms with Gasteiger partial charge in [-0.05, 0) is 43.3 Å². The molecule has 1 amide bonds. The van der Waals surface area contributed by atoms with Gasteiger partial charge >= 0.3 is 0 Å². The van der Waals surface area contributed by atoms with Gasteiger partial charge in [0, 0.05) is 19.5 Å². The number of hydrogen-bond donors (Lipinski definition) is 1. The van der Waals surface area contributed by atoms with Crippen LogP contribution in [0, 0.1) is 11.8 Å². The number of hydrogen-bond acceptors (Lipinski definition) is 2. The Morgan fingerprint density at radius 3 is 2.00 bits per heavy atom. The Kier molecular flexibility index (Phi) is 3.37. The molecule has 0 aromatic rings. The van der Waals surface area contributed by atoms with Crippen LogP contribution in [-0.4, -0.2) is 29.6 Å². The number of carbonyl (C=O) groups is 1. The molecule has 0 N–H and O–H groups in total. The van der Waals surface area contributed by atoms with Crippen molar-refractivity contribution in [1.29, 1.82) is 0 Å². The summed E-state index contributed by atoms with van der Waals surface area (Å²) < 4.78 is 0. The Labute approximate surface area is 91.5 Å². The summed E-state index contributed by atoms with van der Waals surface area (Å²) >= 11 is 4.12. The molecular formula is C11H19NOS. The molecule has 2 nitrogen and oxygen atoms in total. The Bertz CT molecular complexity index is 197. The average Bonchev–Trinajstić information content (AvgIpc) is 2.97. The molecule has 80 valence electrons. The van der Waals surface area contributed by atoms with E-state index in [1.807, 2.05) is 0 Å². The SMILES string of the molecule is O=C(CCS)N(CC1CC1)CC1CC1. The van der Waals surface area contributed by atoms with Crippen LogP contribution in [0.5, 0.6) is 0 Å². The van der Waals surface area contributed by atoms with Crippen molar-refractivity contribution in [3.63, 3.8) is 0 Å². The smallest absolute Gasteiger partial charge is 0.223 e. The first-order chi connectivity index (χ1) is 6.79. The normalized spacial score (nSPS) is 20.9. The van der Waals surface area contributed by atoms with Crippen LogP contribution < -0.4 is 0 Å². The zero-order chi connectivity index (χ0) is 9.97. The van der Waals surface area contributed by atoms with Gasteiger partial charge in [-0.1, -0.05) is 0 Å². The summed E-state index contributed by atoms with van der Waals surface area (Å²) in [6, 6.07) is 0. The summed E-state index contributed by atoms with van der Waals surface area (Å²) in [7, 11) is 0. The molecule has 14 heavy (non-hydrogen) atoms. The van der Waals surface area contributed by atoms with Gasteiger partial charge < -0.3 is 4.90 Å². The summed E-state index contributed by atoms with van der Waals surface area (Å²) in [6.07, 6.45) is 5.93. The molecule has 2 rings (SSSR count). The minimum absolute atomic E-state index is 0.318. The Morgan fingerprint density at radius 1 is 1.14 bits per heavy atom. The minimum Gasteiger partial charge on any atom is -0.342 e. The van der Waals surface area contributed by atoms with Crippen LogP contribution in [0.2, 0.25) is 0 Å². The molecule has 0 aliphatic heterocycles. The maximum atomic E-state index is 11.7. The second kappa shape index (κ2) is 4.56. The lowest BCUT2D eigenvalue weighted by Crippen LogP contribution is -2.34. The molecule has 0 aromatic carbocycles. The third kappa shape index (κ3) is 3.19. The number of amides is 1. The zero-order valence-electron chi connectivity index (χ0n) is 8.61. The molecule has 2 aliphatic carbocycles. The van der Waals surface area contributed by atoms with Gasteiger partial charge in [-0.25, -0.2) is 0 Å². The molecule has 0 bridgehead atoms. The molecule has 2 saturated carbocycles. The van der Waals surface area contributed by atoms with Crippen LogP contribution in [-0.2, 0) is 4.79 Å². The van der Waals surface area contributed by atoms with Crippen LogP contribution >= 0.6 is 12.6 Å². The largest absolute Gasteiger partial charge is 0.342 e. The van der Waals surface area contributed by atoms with E-state index in [9.17, 15) is 4.79 Å². The molecule has 0 aromatic heterocycles. The van der Waals surface area contributed by atoms with Gasteiger partial charge in [0.25, 0.3) is 0 Å². The number of nitrogens with zero attached hydrogens (tertiary/aromatic N) is 1. The fourth-order valence-corrected chi connectivity index (χ4v) is 1.95. The number of carbonyl (C=O) groups excluding carboxylic acids is 1. The third-order valence-electron chi connectivity index (χ3n) is 3.03. The average molecular weight is 213 g/mol. The first-order valence-corrected chi connectivity index (χ1v) is 6.31. The maximum Gasteiger partial charge on any atom is 0.223 e. The van der Waals surface area contributed by atoms with E-state index in [2.05, 4.69) is 17.5 Å². The van der Waals surface area contributed by atoms with Crippen molar-refractivity contribution in [3.05, 3.63) is 0 Å². The van der Waals surface area contributed by atoms with E-state index < -0.39 is 0 Å². The quantitative estimate of drug-likeness (QED) is 0.669. The van der Waals surface area contributed by atoms with Crippen molar-refractivity contribution in [3.8, 4) is 0 Å². The highest BCUT2D eigenvalue weighted by atomic mass is 32.1. The second-order valence-electron chi connectivity index (χ2n) is 4.66. The van der Waals surface area contributed by atoms with Crippen molar-refractivity contribution in [1.82, 2.24) is 4.90 Å². The van der Waals surface area contributed by atoms with Crippen LogP contribution in [0.25, 0.3) is 0 Å². The second-order valence-corrected chi connectivity index (χ2v) is 5.11. The van der Waals surface area contributed by atoms with E-state index in [4.69, 9.17) is 0 Å². The van der Waals surface area contributed by atoms with Crippen molar-refractivity contribution in [2.75, 3.05) is 18.8 Å². The fourth-order valence-electron chi connectivity index (χ4n) is 1.76. The highest BCUT2D eigenvalue weighted by Gasteiger charge is 2.30. The van der Waals surface area contributed by atoms with Crippen molar-refractivity contribution in [2.24, 2.45) is 11.8 Å². The molecule has 0 unspecified atom stereocenters. The summed E-state index contributed by atoms with van der Waals surface area (Å²) in [6.45, 7) is 2.03. The molecular weight excluding hydrogens is 194 g/mol. The molecule has 0 atom stereocenters. The van der Waals surface area contributed by atoms with E-state index >= 15 is 0 Å². The van der Waals surface area contributed by atoms with Gasteiger partial charge in [0.1, 0.15) is 0 Å². The first-order valence-electron chi connectivity index (χ1n) is 5.68. The van der Waals surface area contributed by atoms with Gasteiger partial charge in [-0.2, -0.15) is 12.6 Å². The third-order valence-corrected chi connectivity index (χ3v) is 3.25. The molecule has 0 saturated heterocycles. The molecule has 0 radical (unpaired) electrons. The molecule has 2 aliphatic rings. The highest BCUT2D eigenvalue weighted by molar-refractivity contribution is 7.80. The van der Waals surface area contributed by atoms with E-state index in [-0.39, 0.29) is 0 Å². The standard InChI is InChI=1S/C11H19NOS/c13-11(5-6-14)12(7-9-1-2-9)8-10-3-4-10/h9-10,14H,1-8H2. The van der Waals surface area contributed by atoms with Crippen molar-refractivity contribution >= 4 is 18.5 Å². The first kappa shape index (κ1) is 10.3. The van der Waals surface area contributed by atoms with Crippen LogP contribution in [0.4, 0.5) is 0 Å². The Morgan fingerprint density at radius 2 is 1.64 bits per heavy atom. The van der Waals surface area contributed by atoms with Gasteiger partial charge in [-0.3, -0.25) is 4.79 Å². The van der Waals surface area contributed by atoms with E-state index in [0.717, 1.165) is 24.9 Å². The lowest BCUT2D eigenvalue weighted by molar-refractivity contribution is -0.131. The molecule has 2 fully saturated rings. The Balaban J connectivity index is 1.78. The minimum atomic E-state index is 0.318. The molecule has 3 heteroatoms. The van der Waals surface area contributed by atoms with E-state index in [1.165, 1.54) is 25.7 Å². The van der Waals surface area contributed by atoms with Crippen LogP contribution in [0.1, 0.15) is 32.1 Å². The number of rotatable bonds is 6. The predicted octanol–water partition coefficient (Wildman–Crippen LogP) is 1.95. The summed E-state index contributed by atoms with van der Waals surface area (Å²) in [5.41, 5.74) is 0. The zero-order valence-corrected chi connectivity index (χ0v) is 9.51. The van der Waals surface area contributed by atoms with Gasteiger partial charge in [0.05, 0.1) is 0 Å². The lowest BCUT2D eigenvalue weighted by atomic mass is 10.3. The summed E-state index contributed by atoms with van der Waals surface area (Å²) in [4.78, 5) is 13.8. The van der Waals surface area contributed by atoms with Gasteiger partial charge in [0.15, 0.2) is 0 Å². The highest BCUT2D eigenvalue weighted by Crippen LogP contribution is 2.33. The molecule has 0 spiro atoms. The van der Waals surface area contributed by atoms with Crippen LogP contribution in [0.15, 0.2) is 0 Å². The van der Waals surface area contributed by atoms with Gasteiger partial charge in [-0.15, -0.1) is 0 Å². The topological polar surface area (TPSA) is 20.3 Å². The lowest BCUT2D eigenvalue weighted by Gasteiger charge is -2.22. The molecule has 0 heterocycles. The maximum absolute atomic E-state index is 11.7. The number of thiol groups is 1. The fraction of sp³-hybridized carbons (Fsp3) is 0.909. The monoisotopic (exact) mass is 213 g/mol. The predicted molar refractivity (Wildman–Crippen MR) is 60.5 cm³/mol. The van der Waals surface area contributed by atoms with E-state index in [1.54, 1.807) is 0 Å². The van der Waals surface area contributed by atoms with Crippen molar-refractivity contribution in [2.45, 2.75) is 32.1 Å². The van der Waals surface area contributed by atoms with Gasteiger partial charge in [0.2, 0.25) is 5.91 Å². The van der Waals surface area contributed by atoms with E-state index in [0.29, 0.717) is 18.1 Å². The Hall–Kier alpha value is -0.180.